The van der Waals surface area contributed by atoms with E-state index in [0.29, 0.717) is 11.1 Å². The lowest BCUT2D eigenvalue weighted by Crippen LogP contribution is -2.47. The van der Waals surface area contributed by atoms with Crippen LogP contribution in [0.2, 0.25) is 0 Å². The van der Waals surface area contributed by atoms with Gasteiger partial charge >= 0.3 is 0 Å². The Balaban J connectivity index is 1.38. The van der Waals surface area contributed by atoms with Gasteiger partial charge in [-0.05, 0) is 30.4 Å². The van der Waals surface area contributed by atoms with E-state index in [4.69, 9.17) is 0 Å². The van der Waals surface area contributed by atoms with Crippen molar-refractivity contribution in [1.29, 1.82) is 0 Å². The standard InChI is InChI=1S/C27H27F4N5O2/c1-35-21(19(13-32-35)25(29)30)12-23(37)36-14-17(28)11-22(36)27(38)34-24(16-5-3-2-4-6-16)20-10-9-18(15-7-8-15)26(31)33-20/h2-6,9-10,13,15,17,22,24-25H,7-8,11-12,14H2,1H3,(H,34,38)/t17-,22+,24+/m1/s1. The third-order valence-electron chi connectivity index (χ3n) is 7.15. The SMILES string of the molecule is Cn1ncc(C(F)F)c1CC(=O)N1C[C@H](F)C[C@H]1C(=O)N[C@@H](c1ccccc1)c1ccc(C2CC2)c(F)n1. The highest BCUT2D eigenvalue weighted by atomic mass is 19.3. The van der Waals surface area contributed by atoms with Crippen LogP contribution in [0, 0.1) is 5.95 Å². The maximum Gasteiger partial charge on any atom is 0.267 e. The summed E-state index contributed by atoms with van der Waals surface area (Å²) in [5.41, 5.74) is 1.07. The number of benzene rings is 1. The van der Waals surface area contributed by atoms with Crippen LogP contribution in [0.15, 0.2) is 48.7 Å². The van der Waals surface area contributed by atoms with Gasteiger partial charge in [-0.3, -0.25) is 14.3 Å². The zero-order valence-corrected chi connectivity index (χ0v) is 20.7. The van der Waals surface area contributed by atoms with E-state index in [0.717, 1.165) is 23.9 Å². The van der Waals surface area contributed by atoms with E-state index in [1.807, 2.05) is 0 Å². The van der Waals surface area contributed by atoms with Crippen molar-refractivity contribution in [3.8, 4) is 0 Å². The first-order valence-electron chi connectivity index (χ1n) is 12.5. The van der Waals surface area contributed by atoms with Crippen LogP contribution in [0.1, 0.15) is 65.7 Å². The molecule has 11 heteroatoms. The molecule has 0 unspecified atom stereocenters. The number of likely N-dealkylation sites (tertiary alicyclic amines) is 1. The van der Waals surface area contributed by atoms with Crippen LogP contribution in [0.4, 0.5) is 17.6 Å². The average Bonchev–Trinajstić information content (AvgIpc) is 3.56. The highest BCUT2D eigenvalue weighted by molar-refractivity contribution is 5.89. The molecule has 2 fully saturated rings. The molecular weight excluding hydrogens is 502 g/mol. The third-order valence-corrected chi connectivity index (χ3v) is 7.15. The first-order valence-corrected chi connectivity index (χ1v) is 12.5. The van der Waals surface area contributed by atoms with Crippen molar-refractivity contribution in [1.82, 2.24) is 25.0 Å². The number of halogens is 4. The van der Waals surface area contributed by atoms with Crippen LogP contribution in [0.5, 0.6) is 0 Å². The molecular formula is C27H27F4N5O2. The molecule has 200 valence electrons. The summed E-state index contributed by atoms with van der Waals surface area (Å²) in [6.45, 7) is -0.336. The zero-order valence-electron chi connectivity index (χ0n) is 20.7. The molecule has 2 aliphatic rings. The molecule has 1 saturated carbocycles. The number of hydrogen-bond acceptors (Lipinski definition) is 4. The van der Waals surface area contributed by atoms with Gasteiger partial charge in [-0.25, -0.2) is 18.2 Å². The number of aromatic nitrogens is 3. The second kappa shape index (κ2) is 10.5. The lowest BCUT2D eigenvalue weighted by Gasteiger charge is -2.27. The lowest BCUT2D eigenvalue weighted by atomic mass is 10.0. The molecule has 0 radical (unpaired) electrons. The van der Waals surface area contributed by atoms with E-state index in [1.165, 1.54) is 11.7 Å². The van der Waals surface area contributed by atoms with Crippen molar-refractivity contribution in [3.05, 3.63) is 82.7 Å². The Bertz CT molecular complexity index is 1330. The number of carbonyl (C=O) groups excluding carboxylic acids is 2. The zero-order chi connectivity index (χ0) is 27.0. The highest BCUT2D eigenvalue weighted by Gasteiger charge is 2.41. The Morgan fingerprint density at radius 1 is 1.13 bits per heavy atom. The van der Waals surface area contributed by atoms with Gasteiger partial charge in [0.05, 0.1) is 42.2 Å². The third kappa shape index (κ3) is 5.27. The van der Waals surface area contributed by atoms with E-state index in [-0.39, 0.29) is 35.8 Å². The Kier molecular flexibility index (Phi) is 7.18. The minimum absolute atomic E-state index is 0.00376. The van der Waals surface area contributed by atoms with Gasteiger partial charge in [-0.15, -0.1) is 0 Å². The molecule has 3 atom stereocenters. The predicted molar refractivity (Wildman–Crippen MR) is 129 cm³/mol. The van der Waals surface area contributed by atoms with Crippen LogP contribution < -0.4 is 5.32 Å². The van der Waals surface area contributed by atoms with Crippen LogP contribution in [0.25, 0.3) is 0 Å². The smallest absolute Gasteiger partial charge is 0.267 e. The van der Waals surface area contributed by atoms with E-state index in [1.54, 1.807) is 42.5 Å². The predicted octanol–water partition coefficient (Wildman–Crippen LogP) is 4.16. The summed E-state index contributed by atoms with van der Waals surface area (Å²) >= 11 is 0. The molecule has 5 rings (SSSR count). The van der Waals surface area contributed by atoms with Gasteiger partial charge in [0.25, 0.3) is 6.43 Å². The van der Waals surface area contributed by atoms with E-state index >= 15 is 0 Å². The first-order chi connectivity index (χ1) is 18.2. The van der Waals surface area contributed by atoms with Crippen molar-refractivity contribution < 1.29 is 27.2 Å². The van der Waals surface area contributed by atoms with Crippen LogP contribution in [0.3, 0.4) is 0 Å². The number of rotatable bonds is 8. The van der Waals surface area contributed by atoms with Crippen molar-refractivity contribution in [2.45, 2.75) is 56.3 Å². The molecule has 0 bridgehead atoms. The maximum atomic E-state index is 14.8. The summed E-state index contributed by atoms with van der Waals surface area (Å²) in [7, 11) is 1.44. The second-order valence-corrected chi connectivity index (χ2v) is 9.79. The minimum atomic E-state index is -2.83. The van der Waals surface area contributed by atoms with Gasteiger partial charge < -0.3 is 10.2 Å². The molecule has 38 heavy (non-hydrogen) atoms. The van der Waals surface area contributed by atoms with Gasteiger partial charge in [0.2, 0.25) is 17.8 Å². The van der Waals surface area contributed by atoms with E-state index in [2.05, 4.69) is 15.4 Å². The Morgan fingerprint density at radius 2 is 1.87 bits per heavy atom. The van der Waals surface area contributed by atoms with Gasteiger partial charge in [0.1, 0.15) is 12.2 Å². The summed E-state index contributed by atoms with van der Waals surface area (Å²) in [6, 6.07) is 10.2. The number of nitrogens with one attached hydrogen (secondary N) is 1. The maximum absolute atomic E-state index is 14.8. The minimum Gasteiger partial charge on any atom is -0.342 e. The van der Waals surface area contributed by atoms with Crippen LogP contribution in [-0.2, 0) is 23.1 Å². The number of nitrogens with zero attached hydrogens (tertiary/aromatic N) is 4. The highest BCUT2D eigenvalue weighted by Crippen LogP contribution is 2.41. The van der Waals surface area contributed by atoms with Crippen molar-refractivity contribution in [2.24, 2.45) is 7.05 Å². The summed E-state index contributed by atoms with van der Waals surface area (Å²) < 4.78 is 57.2. The fourth-order valence-electron chi connectivity index (χ4n) is 4.96. The molecule has 1 saturated heterocycles. The Morgan fingerprint density at radius 3 is 2.53 bits per heavy atom. The summed E-state index contributed by atoms with van der Waals surface area (Å²) in [5, 5.41) is 6.62. The topological polar surface area (TPSA) is 80.1 Å². The van der Waals surface area contributed by atoms with Gasteiger partial charge in [-0.1, -0.05) is 36.4 Å². The number of alkyl halides is 3. The van der Waals surface area contributed by atoms with E-state index < -0.39 is 48.9 Å². The number of carbonyl (C=O) groups is 2. The summed E-state index contributed by atoms with van der Waals surface area (Å²) in [4.78, 5) is 31.8. The molecule has 1 aromatic carbocycles. The van der Waals surface area contributed by atoms with Crippen molar-refractivity contribution >= 4 is 11.8 Å². The lowest BCUT2D eigenvalue weighted by molar-refractivity contribution is -0.138. The molecule has 2 amide bonds. The molecule has 1 aliphatic carbocycles. The van der Waals surface area contributed by atoms with Crippen molar-refractivity contribution in [3.63, 3.8) is 0 Å². The largest absolute Gasteiger partial charge is 0.342 e. The normalized spacial score (nSPS) is 20.1. The fraction of sp³-hybridized carbons (Fsp3) is 0.407. The summed E-state index contributed by atoms with van der Waals surface area (Å²) in [6.07, 6.45) is -2.18. The number of pyridine rings is 1. The number of aryl methyl sites for hydroxylation is 1. The molecule has 1 aliphatic heterocycles. The average molecular weight is 530 g/mol. The molecule has 7 nitrogen and oxygen atoms in total. The first kappa shape index (κ1) is 25.9. The molecule has 3 aromatic rings. The molecule has 1 N–H and O–H groups in total. The van der Waals surface area contributed by atoms with Crippen LogP contribution >= 0.6 is 0 Å². The fourth-order valence-corrected chi connectivity index (χ4v) is 4.96. The molecule has 0 spiro atoms. The monoisotopic (exact) mass is 529 g/mol. The Labute approximate surface area is 216 Å². The molecule has 3 heterocycles. The second-order valence-electron chi connectivity index (χ2n) is 9.79. The van der Waals surface area contributed by atoms with E-state index in [9.17, 15) is 27.2 Å². The summed E-state index contributed by atoms with van der Waals surface area (Å²) in [5.74, 6) is -1.73. The number of amides is 2. The van der Waals surface area contributed by atoms with Gasteiger partial charge in [-0.2, -0.15) is 9.49 Å². The van der Waals surface area contributed by atoms with Crippen LogP contribution in [-0.4, -0.2) is 50.2 Å². The van der Waals surface area contributed by atoms with Gasteiger partial charge in [0.15, 0.2) is 0 Å². The molecule has 2 aromatic heterocycles. The Hall–Kier alpha value is -3.76. The number of hydrogen-bond donors (Lipinski definition) is 1. The van der Waals surface area contributed by atoms with Gasteiger partial charge in [0, 0.05) is 19.0 Å². The van der Waals surface area contributed by atoms with Crippen molar-refractivity contribution in [2.75, 3.05) is 6.54 Å². The quantitative estimate of drug-likeness (QED) is 0.351.